The first-order chi connectivity index (χ1) is 18.2. The third-order valence-electron chi connectivity index (χ3n) is 6.19. The second-order valence-corrected chi connectivity index (χ2v) is 12.8. The molecule has 0 atom stereocenters. The number of thioether (sulfide) groups is 1. The molecule has 13 heteroatoms. The highest BCUT2D eigenvalue weighted by molar-refractivity contribution is 7.99. The molecule has 4 heterocycles. The van der Waals surface area contributed by atoms with Gasteiger partial charge >= 0.3 is 0 Å². The molecule has 0 spiro atoms. The van der Waals surface area contributed by atoms with E-state index in [-0.39, 0.29) is 16.4 Å². The van der Waals surface area contributed by atoms with Crippen molar-refractivity contribution in [2.24, 2.45) is 0 Å². The average Bonchev–Trinajstić information content (AvgIpc) is 3.62. The number of ether oxygens (including phenoxy) is 1. The molecule has 4 aromatic rings. The molecule has 1 fully saturated rings. The Bertz CT molecular complexity index is 1570. The van der Waals surface area contributed by atoms with Crippen molar-refractivity contribution in [2.75, 3.05) is 32.1 Å². The van der Waals surface area contributed by atoms with Gasteiger partial charge in [0.25, 0.3) is 5.22 Å². The minimum Gasteiger partial charge on any atom is -0.416 e. The van der Waals surface area contributed by atoms with Crippen molar-refractivity contribution in [3.05, 3.63) is 69.3 Å². The molecule has 1 aliphatic rings. The third kappa shape index (κ3) is 5.61. The van der Waals surface area contributed by atoms with Crippen LogP contribution in [0.1, 0.15) is 38.3 Å². The molecule has 200 valence electrons. The highest BCUT2D eigenvalue weighted by Crippen LogP contribution is 2.27. The highest BCUT2D eigenvalue weighted by atomic mass is 32.2. The second-order valence-electron chi connectivity index (χ2n) is 8.84. The van der Waals surface area contributed by atoms with E-state index in [2.05, 4.69) is 15.2 Å². The number of benzene rings is 1. The van der Waals surface area contributed by atoms with Crippen molar-refractivity contribution in [2.45, 2.75) is 37.3 Å². The molecule has 1 aliphatic heterocycles. The molecule has 0 N–H and O–H groups in total. The molecule has 3 aromatic heterocycles. The molecule has 0 amide bonds. The van der Waals surface area contributed by atoms with Crippen LogP contribution in [-0.2, 0) is 21.2 Å². The molecule has 0 radical (unpaired) electrons. The van der Waals surface area contributed by atoms with E-state index in [0.717, 1.165) is 22.1 Å². The summed E-state index contributed by atoms with van der Waals surface area (Å²) in [6.07, 6.45) is 0.452. The lowest BCUT2D eigenvalue weighted by molar-refractivity contribution is 0.0730. The van der Waals surface area contributed by atoms with Gasteiger partial charge in [-0.25, -0.2) is 13.4 Å². The van der Waals surface area contributed by atoms with Gasteiger partial charge in [-0.3, -0.25) is 4.79 Å². The molecule has 38 heavy (non-hydrogen) atoms. The van der Waals surface area contributed by atoms with Gasteiger partial charge in [0.15, 0.2) is 5.78 Å². The van der Waals surface area contributed by atoms with Gasteiger partial charge in [0.2, 0.25) is 15.9 Å². The van der Waals surface area contributed by atoms with Crippen LogP contribution >= 0.6 is 23.1 Å². The molecule has 0 aliphatic carbocycles. The number of ketones is 1. The van der Waals surface area contributed by atoms with Gasteiger partial charge in [0, 0.05) is 41.1 Å². The van der Waals surface area contributed by atoms with E-state index in [1.54, 1.807) is 29.5 Å². The zero-order valence-corrected chi connectivity index (χ0v) is 23.7. The number of nitrogens with zero attached hydrogens (tertiary/aromatic N) is 5. The van der Waals surface area contributed by atoms with E-state index in [1.807, 2.05) is 42.9 Å². The zero-order chi connectivity index (χ0) is 26.9. The number of aromatic nitrogens is 4. The first-order valence-electron chi connectivity index (χ1n) is 12.0. The van der Waals surface area contributed by atoms with Gasteiger partial charge in [-0.2, -0.15) is 4.31 Å². The number of hydrogen-bond acceptors (Lipinski definition) is 10. The van der Waals surface area contributed by atoms with Crippen LogP contribution in [-0.4, -0.2) is 70.3 Å². The summed E-state index contributed by atoms with van der Waals surface area (Å²) >= 11 is 2.75. The Morgan fingerprint density at radius 1 is 1.13 bits per heavy atom. The Kier molecular flexibility index (Phi) is 7.82. The summed E-state index contributed by atoms with van der Waals surface area (Å²) in [5.41, 5.74) is 3.68. The smallest absolute Gasteiger partial charge is 0.277 e. The summed E-state index contributed by atoms with van der Waals surface area (Å²) in [7, 11) is -3.64. The molecular formula is C25H27N5O5S3. The van der Waals surface area contributed by atoms with Crippen LogP contribution in [0.25, 0.3) is 5.69 Å². The first kappa shape index (κ1) is 26.8. The van der Waals surface area contributed by atoms with E-state index in [4.69, 9.17) is 9.15 Å². The lowest BCUT2D eigenvalue weighted by atomic mass is 10.2. The molecule has 10 nitrogen and oxygen atoms in total. The number of hydrogen-bond donors (Lipinski definition) is 0. The SMILES string of the molecule is Cc1nc(Cc2nnc(SCC(=O)c3cc(C)n(-c4cccc(S(=O)(=O)N5CCOCC5)c4)c3C)o2)cs1. The van der Waals surface area contributed by atoms with Gasteiger partial charge in [-0.15, -0.1) is 21.5 Å². The number of carbonyl (C=O) groups is 1. The lowest BCUT2D eigenvalue weighted by Crippen LogP contribution is -2.40. The Morgan fingerprint density at radius 2 is 1.92 bits per heavy atom. The van der Waals surface area contributed by atoms with Crippen molar-refractivity contribution in [1.82, 2.24) is 24.1 Å². The average molecular weight is 574 g/mol. The van der Waals surface area contributed by atoms with Crippen LogP contribution in [0.2, 0.25) is 0 Å². The fraction of sp³-hybridized carbons (Fsp3) is 0.360. The van der Waals surface area contributed by atoms with Crippen molar-refractivity contribution >= 4 is 38.9 Å². The van der Waals surface area contributed by atoms with E-state index >= 15 is 0 Å². The van der Waals surface area contributed by atoms with E-state index in [0.29, 0.717) is 55.1 Å². The van der Waals surface area contributed by atoms with Crippen LogP contribution in [0, 0.1) is 20.8 Å². The monoisotopic (exact) mass is 573 g/mol. The predicted octanol–water partition coefficient (Wildman–Crippen LogP) is 3.83. The van der Waals surface area contributed by atoms with Crippen molar-refractivity contribution in [3.63, 3.8) is 0 Å². The standard InChI is InChI=1S/C25H27N5O5S3/c1-16-11-22(23(31)15-37-25-28-27-24(35-25)12-19-14-36-18(3)26-19)17(2)30(16)20-5-4-6-21(13-20)38(32,33)29-7-9-34-10-8-29/h4-6,11,13-14H,7-10,12,15H2,1-3H3. The molecule has 1 aromatic carbocycles. The van der Waals surface area contributed by atoms with Crippen molar-refractivity contribution < 1.29 is 22.4 Å². The molecule has 0 bridgehead atoms. The van der Waals surface area contributed by atoms with Gasteiger partial charge in [-0.05, 0) is 45.0 Å². The summed E-state index contributed by atoms with van der Waals surface area (Å²) in [6.45, 7) is 7.12. The lowest BCUT2D eigenvalue weighted by Gasteiger charge is -2.26. The highest BCUT2D eigenvalue weighted by Gasteiger charge is 2.27. The molecular weight excluding hydrogens is 547 g/mol. The number of morpholine rings is 1. The third-order valence-corrected chi connectivity index (χ3v) is 9.72. The molecule has 5 rings (SSSR count). The number of rotatable bonds is 9. The number of Topliss-reactive ketones (excluding diaryl/α,β-unsaturated/α-hetero) is 1. The van der Waals surface area contributed by atoms with Crippen LogP contribution in [0.15, 0.2) is 50.2 Å². The number of sulfonamides is 1. The number of carbonyl (C=O) groups excluding carboxylic acids is 1. The summed E-state index contributed by atoms with van der Waals surface area (Å²) in [6, 6.07) is 8.63. The summed E-state index contributed by atoms with van der Waals surface area (Å²) < 4.78 is 40.6. The maximum Gasteiger partial charge on any atom is 0.277 e. The Labute approximate surface area is 229 Å². The number of aryl methyl sites for hydroxylation is 2. The molecule has 1 saturated heterocycles. The fourth-order valence-corrected chi connectivity index (χ4v) is 7.10. The van der Waals surface area contributed by atoms with Crippen molar-refractivity contribution in [3.8, 4) is 5.69 Å². The minimum atomic E-state index is -3.64. The van der Waals surface area contributed by atoms with Gasteiger partial charge < -0.3 is 13.7 Å². The maximum absolute atomic E-state index is 13.2. The Hall–Kier alpha value is -2.84. The summed E-state index contributed by atoms with van der Waals surface area (Å²) in [4.78, 5) is 17.7. The first-order valence-corrected chi connectivity index (χ1v) is 15.3. The topological polar surface area (TPSA) is 120 Å². The quantitative estimate of drug-likeness (QED) is 0.217. The maximum atomic E-state index is 13.2. The van der Waals surface area contributed by atoms with Gasteiger partial charge in [0.1, 0.15) is 0 Å². The van der Waals surface area contributed by atoms with Crippen LogP contribution < -0.4 is 0 Å². The molecule has 0 saturated carbocycles. The van der Waals surface area contributed by atoms with Crippen molar-refractivity contribution in [1.29, 1.82) is 0 Å². The van der Waals surface area contributed by atoms with Gasteiger partial charge in [-0.1, -0.05) is 17.8 Å². The fourth-order valence-electron chi connectivity index (χ4n) is 4.38. The van der Waals surface area contributed by atoms with Gasteiger partial charge in [0.05, 0.1) is 41.0 Å². The van der Waals surface area contributed by atoms with E-state index in [9.17, 15) is 13.2 Å². The Morgan fingerprint density at radius 3 is 2.66 bits per heavy atom. The summed E-state index contributed by atoms with van der Waals surface area (Å²) in [5.74, 6) is 0.504. The largest absolute Gasteiger partial charge is 0.416 e. The van der Waals surface area contributed by atoms with Crippen LogP contribution in [0.4, 0.5) is 0 Å². The van der Waals surface area contributed by atoms with E-state index in [1.165, 1.54) is 16.1 Å². The number of thiazole rings is 1. The Balaban J connectivity index is 1.30. The minimum absolute atomic E-state index is 0.0821. The van der Waals surface area contributed by atoms with Crippen LogP contribution in [0.5, 0.6) is 0 Å². The summed E-state index contributed by atoms with van der Waals surface area (Å²) in [5, 5.41) is 11.4. The van der Waals surface area contributed by atoms with E-state index < -0.39 is 10.0 Å². The van der Waals surface area contributed by atoms with Crippen LogP contribution in [0.3, 0.4) is 0 Å². The normalized spacial score (nSPS) is 14.7. The molecule has 0 unspecified atom stereocenters. The predicted molar refractivity (Wildman–Crippen MR) is 144 cm³/mol. The zero-order valence-electron chi connectivity index (χ0n) is 21.2. The second kappa shape index (κ2) is 11.1.